The van der Waals surface area contributed by atoms with Gasteiger partial charge in [0, 0.05) is 24.2 Å². The number of nitrogens with zero attached hydrogens (tertiary/aromatic N) is 2. The third-order valence-corrected chi connectivity index (χ3v) is 3.11. The Kier molecular flexibility index (Phi) is 5.28. The Morgan fingerprint density at radius 1 is 1.20 bits per heavy atom. The first-order valence-corrected chi connectivity index (χ1v) is 6.82. The van der Waals surface area contributed by atoms with E-state index in [9.17, 15) is 0 Å². The average molecular weight is 338 g/mol. The summed E-state index contributed by atoms with van der Waals surface area (Å²) in [7, 11) is 1.60. The van der Waals surface area contributed by atoms with Gasteiger partial charge in [0.25, 0.3) is 0 Å². The first-order valence-electron chi connectivity index (χ1n) is 6.03. The molecule has 0 fully saturated rings. The third-order valence-electron chi connectivity index (χ3n) is 2.58. The Labute approximate surface area is 125 Å². The molecule has 4 N–H and O–H groups in total. The van der Waals surface area contributed by atoms with E-state index in [0.717, 1.165) is 10.0 Å². The predicted octanol–water partition coefficient (Wildman–Crippen LogP) is 2.28. The van der Waals surface area contributed by atoms with Crippen LogP contribution in [0.25, 0.3) is 0 Å². The quantitative estimate of drug-likeness (QED) is 0.554. The molecule has 0 spiro atoms. The molecule has 1 aromatic carbocycles. The fourth-order valence-electron chi connectivity index (χ4n) is 1.65. The smallest absolute Gasteiger partial charge is 0.158 e. The first-order chi connectivity index (χ1) is 9.71. The second kappa shape index (κ2) is 7.18. The lowest BCUT2D eigenvalue weighted by Gasteiger charge is -2.09. The number of halogens is 1. The van der Waals surface area contributed by atoms with Gasteiger partial charge in [-0.15, -0.1) is 0 Å². The molecule has 1 aromatic heterocycles. The highest BCUT2D eigenvalue weighted by atomic mass is 79.9. The van der Waals surface area contributed by atoms with Gasteiger partial charge in [-0.2, -0.15) is 0 Å². The number of benzene rings is 1. The number of hydrogen-bond donors (Lipinski definition) is 3. The van der Waals surface area contributed by atoms with E-state index in [-0.39, 0.29) is 0 Å². The van der Waals surface area contributed by atoms with Gasteiger partial charge in [-0.3, -0.25) is 0 Å². The van der Waals surface area contributed by atoms with Crippen LogP contribution < -0.4 is 16.6 Å². The number of nitrogens with one attached hydrogen (secondary N) is 2. The average Bonchev–Trinajstić information content (AvgIpc) is 2.47. The summed E-state index contributed by atoms with van der Waals surface area (Å²) in [6.07, 6.45) is 0. The second-order valence-electron chi connectivity index (χ2n) is 4.11. The van der Waals surface area contributed by atoms with Crippen LogP contribution in [0.4, 0.5) is 11.6 Å². The van der Waals surface area contributed by atoms with Gasteiger partial charge in [-0.25, -0.2) is 15.8 Å². The van der Waals surface area contributed by atoms with Crippen LogP contribution >= 0.6 is 15.9 Å². The summed E-state index contributed by atoms with van der Waals surface area (Å²) < 4.78 is 6.09. The minimum absolute atomic E-state index is 0.336. The molecule has 2 rings (SSSR count). The fraction of sp³-hybridized carbons (Fsp3) is 0.231. The van der Waals surface area contributed by atoms with Crippen molar-refractivity contribution in [2.24, 2.45) is 5.84 Å². The number of nitrogen functional groups attached to an aromatic ring is 1. The Balaban J connectivity index is 2.07. The Morgan fingerprint density at radius 3 is 2.55 bits per heavy atom. The molecule has 0 saturated carbocycles. The Morgan fingerprint density at radius 2 is 1.90 bits per heavy atom. The molecule has 1 heterocycles. The molecule has 0 aliphatic heterocycles. The highest BCUT2D eigenvalue weighted by Crippen LogP contribution is 2.14. The van der Waals surface area contributed by atoms with Crippen LogP contribution in [0.1, 0.15) is 11.4 Å². The molecule has 0 aliphatic rings. The van der Waals surface area contributed by atoms with Crippen LogP contribution in [0, 0.1) is 0 Å². The zero-order chi connectivity index (χ0) is 14.4. The topological polar surface area (TPSA) is 85.1 Å². The van der Waals surface area contributed by atoms with Crippen LogP contribution in [0.2, 0.25) is 0 Å². The van der Waals surface area contributed by atoms with Gasteiger partial charge in [0.15, 0.2) is 5.82 Å². The predicted molar refractivity (Wildman–Crippen MR) is 82.0 cm³/mol. The van der Waals surface area contributed by atoms with E-state index in [0.29, 0.717) is 30.6 Å². The first kappa shape index (κ1) is 14.7. The third kappa shape index (κ3) is 4.16. The number of nitrogens with two attached hydrogens (primary N) is 1. The summed E-state index contributed by atoms with van der Waals surface area (Å²) in [6, 6.07) is 9.82. The lowest BCUT2D eigenvalue weighted by atomic mass is 10.2. The summed E-state index contributed by atoms with van der Waals surface area (Å²) in [5.74, 6) is 7.21. The van der Waals surface area contributed by atoms with Gasteiger partial charge >= 0.3 is 0 Å². The van der Waals surface area contributed by atoms with Gasteiger partial charge in [0.1, 0.15) is 18.2 Å². The largest absolute Gasteiger partial charge is 0.377 e. The van der Waals surface area contributed by atoms with Gasteiger partial charge in [-0.1, -0.05) is 28.1 Å². The molecule has 0 atom stereocenters. The number of hydrogen-bond acceptors (Lipinski definition) is 6. The molecular formula is C13H16BrN5O. The van der Waals surface area contributed by atoms with Crippen LogP contribution in [0.5, 0.6) is 0 Å². The van der Waals surface area contributed by atoms with Crippen LogP contribution in [-0.4, -0.2) is 17.1 Å². The van der Waals surface area contributed by atoms with Gasteiger partial charge in [0.2, 0.25) is 0 Å². The van der Waals surface area contributed by atoms with Gasteiger partial charge < -0.3 is 15.5 Å². The number of anilines is 2. The summed E-state index contributed by atoms with van der Waals surface area (Å²) >= 11 is 3.41. The summed E-state index contributed by atoms with van der Waals surface area (Å²) in [6.45, 7) is 1.00. The molecule has 6 nitrogen and oxygen atoms in total. The second-order valence-corrected chi connectivity index (χ2v) is 5.03. The van der Waals surface area contributed by atoms with Crippen molar-refractivity contribution < 1.29 is 4.74 Å². The van der Waals surface area contributed by atoms with Crippen molar-refractivity contribution in [1.82, 2.24) is 9.97 Å². The van der Waals surface area contributed by atoms with Crippen LogP contribution in [0.15, 0.2) is 34.8 Å². The Hall–Kier alpha value is -1.70. The molecule has 2 aromatic rings. The number of methoxy groups -OCH3 is 1. The molecule has 0 amide bonds. The molecule has 0 aliphatic carbocycles. The number of rotatable bonds is 6. The van der Waals surface area contributed by atoms with E-state index >= 15 is 0 Å². The molecule has 106 valence electrons. The molecular weight excluding hydrogens is 322 g/mol. The normalized spacial score (nSPS) is 10.3. The molecule has 7 heteroatoms. The van der Waals surface area contributed by atoms with Crippen molar-refractivity contribution >= 4 is 27.6 Å². The fourth-order valence-corrected chi connectivity index (χ4v) is 1.91. The maximum Gasteiger partial charge on any atom is 0.158 e. The SMILES string of the molecule is COCc1nc(NN)cc(NCc2ccc(Br)cc2)n1. The zero-order valence-corrected chi connectivity index (χ0v) is 12.6. The van der Waals surface area contributed by atoms with E-state index in [1.165, 1.54) is 0 Å². The zero-order valence-electron chi connectivity index (χ0n) is 11.1. The van der Waals surface area contributed by atoms with Crippen molar-refractivity contribution in [1.29, 1.82) is 0 Å². The Bertz CT molecular complexity index is 561. The van der Waals surface area contributed by atoms with Crippen molar-refractivity contribution in [3.8, 4) is 0 Å². The molecule has 0 radical (unpaired) electrons. The van der Waals surface area contributed by atoms with Crippen molar-refractivity contribution in [3.05, 3.63) is 46.2 Å². The maximum absolute atomic E-state index is 5.39. The van der Waals surface area contributed by atoms with Gasteiger partial charge in [-0.05, 0) is 17.7 Å². The minimum Gasteiger partial charge on any atom is -0.377 e. The number of hydrazine groups is 1. The molecule has 0 saturated heterocycles. The van der Waals surface area contributed by atoms with Crippen LogP contribution in [-0.2, 0) is 17.9 Å². The monoisotopic (exact) mass is 337 g/mol. The molecule has 0 bridgehead atoms. The van der Waals surface area contributed by atoms with E-state index in [1.54, 1.807) is 13.2 Å². The number of aromatic nitrogens is 2. The van der Waals surface area contributed by atoms with E-state index in [2.05, 4.69) is 36.6 Å². The lowest BCUT2D eigenvalue weighted by molar-refractivity contribution is 0.178. The minimum atomic E-state index is 0.336. The lowest BCUT2D eigenvalue weighted by Crippen LogP contribution is -2.12. The molecule has 20 heavy (non-hydrogen) atoms. The summed E-state index contributed by atoms with van der Waals surface area (Å²) in [5, 5.41) is 3.24. The van der Waals surface area contributed by atoms with Crippen molar-refractivity contribution in [2.45, 2.75) is 13.2 Å². The van der Waals surface area contributed by atoms with Crippen molar-refractivity contribution in [2.75, 3.05) is 17.9 Å². The highest BCUT2D eigenvalue weighted by molar-refractivity contribution is 9.10. The van der Waals surface area contributed by atoms with E-state index < -0.39 is 0 Å². The standard InChI is InChI=1S/C13H16BrN5O/c1-20-8-13-17-11(6-12(18-13)19-15)16-7-9-2-4-10(14)5-3-9/h2-6H,7-8,15H2,1H3,(H2,16,17,18,19). The van der Waals surface area contributed by atoms with Gasteiger partial charge in [0.05, 0.1) is 0 Å². The maximum atomic E-state index is 5.39. The summed E-state index contributed by atoms with van der Waals surface area (Å²) in [4.78, 5) is 8.54. The van der Waals surface area contributed by atoms with Crippen molar-refractivity contribution in [3.63, 3.8) is 0 Å². The highest BCUT2D eigenvalue weighted by Gasteiger charge is 2.04. The van der Waals surface area contributed by atoms with Crippen LogP contribution in [0.3, 0.4) is 0 Å². The number of ether oxygens (including phenoxy) is 1. The van der Waals surface area contributed by atoms with E-state index in [4.69, 9.17) is 10.6 Å². The summed E-state index contributed by atoms with van der Waals surface area (Å²) in [5.41, 5.74) is 3.67. The van der Waals surface area contributed by atoms with E-state index in [1.807, 2.05) is 24.3 Å². The molecule has 0 unspecified atom stereocenters.